The summed E-state index contributed by atoms with van der Waals surface area (Å²) in [6.45, 7) is 0.0916. The fourth-order valence-electron chi connectivity index (χ4n) is 3.81. The molecule has 0 aliphatic heterocycles. The van der Waals surface area contributed by atoms with E-state index in [1.54, 1.807) is 6.07 Å². The monoisotopic (exact) mass is 404 g/mol. The highest BCUT2D eigenvalue weighted by Crippen LogP contribution is 2.44. The summed E-state index contributed by atoms with van der Waals surface area (Å²) >= 11 is 0. The number of carbonyl (C=O) groups is 2. The number of pyridine rings is 1. The van der Waals surface area contributed by atoms with E-state index in [0.717, 1.165) is 22.3 Å². The number of carboxylic acid groups (broad SMARTS) is 1. The van der Waals surface area contributed by atoms with E-state index in [0.29, 0.717) is 5.69 Å². The van der Waals surface area contributed by atoms with E-state index in [1.807, 2.05) is 48.5 Å². The second-order valence-electron chi connectivity index (χ2n) is 7.11. The number of aliphatic carboxylic acids is 1. The van der Waals surface area contributed by atoms with Crippen molar-refractivity contribution in [1.29, 1.82) is 0 Å². The molecule has 152 valence electrons. The highest BCUT2D eigenvalue weighted by atomic mass is 16.5. The van der Waals surface area contributed by atoms with E-state index >= 15 is 0 Å². The topological polar surface area (TPSA) is 108 Å². The summed E-state index contributed by atoms with van der Waals surface area (Å²) < 4.78 is 5.40. The quantitative estimate of drug-likeness (QED) is 0.585. The van der Waals surface area contributed by atoms with Crippen LogP contribution in [0.25, 0.3) is 11.1 Å². The minimum Gasteiger partial charge on any atom is -0.480 e. The van der Waals surface area contributed by atoms with Gasteiger partial charge in [0.05, 0.1) is 0 Å². The van der Waals surface area contributed by atoms with Crippen LogP contribution in [-0.4, -0.2) is 34.8 Å². The molecule has 3 aromatic rings. The van der Waals surface area contributed by atoms with Crippen LogP contribution in [0.1, 0.15) is 22.7 Å². The molecule has 1 aliphatic rings. The van der Waals surface area contributed by atoms with Crippen LogP contribution in [0.3, 0.4) is 0 Å². The number of benzene rings is 2. The molecule has 4 rings (SSSR count). The number of rotatable bonds is 6. The normalized spacial score (nSPS) is 13.2. The number of carbonyl (C=O) groups excluding carboxylic acids is 1. The van der Waals surface area contributed by atoms with E-state index in [1.165, 1.54) is 12.1 Å². The molecule has 1 aromatic heterocycles. The van der Waals surface area contributed by atoms with Crippen LogP contribution >= 0.6 is 0 Å². The van der Waals surface area contributed by atoms with Crippen LogP contribution in [0.15, 0.2) is 71.5 Å². The SMILES string of the molecule is O=C(N[C@@H](Cc1cccc(=O)[nH]1)C(=O)O)OCC1c2ccccc2-c2ccccc21. The maximum atomic E-state index is 12.3. The molecule has 0 saturated heterocycles. The lowest BCUT2D eigenvalue weighted by molar-refractivity contribution is -0.139. The maximum absolute atomic E-state index is 12.3. The van der Waals surface area contributed by atoms with Crippen molar-refractivity contribution in [3.8, 4) is 11.1 Å². The molecular weight excluding hydrogens is 384 g/mol. The van der Waals surface area contributed by atoms with Crippen molar-refractivity contribution >= 4 is 12.1 Å². The van der Waals surface area contributed by atoms with Gasteiger partial charge in [-0.25, -0.2) is 9.59 Å². The third-order valence-corrected chi connectivity index (χ3v) is 5.19. The average molecular weight is 404 g/mol. The van der Waals surface area contributed by atoms with E-state index in [4.69, 9.17) is 4.74 Å². The van der Waals surface area contributed by atoms with Gasteiger partial charge in [-0.1, -0.05) is 54.6 Å². The highest BCUT2D eigenvalue weighted by Gasteiger charge is 2.29. The molecule has 0 saturated carbocycles. The lowest BCUT2D eigenvalue weighted by Crippen LogP contribution is -2.43. The van der Waals surface area contributed by atoms with Crippen molar-refractivity contribution in [2.75, 3.05) is 6.61 Å². The van der Waals surface area contributed by atoms with Crippen molar-refractivity contribution in [2.45, 2.75) is 18.4 Å². The Morgan fingerprint density at radius 2 is 1.60 bits per heavy atom. The first-order chi connectivity index (χ1) is 14.5. The summed E-state index contributed by atoms with van der Waals surface area (Å²) in [6.07, 6.45) is -0.877. The number of hydrogen-bond acceptors (Lipinski definition) is 4. The van der Waals surface area contributed by atoms with Gasteiger partial charge in [0.15, 0.2) is 0 Å². The van der Waals surface area contributed by atoms with E-state index in [2.05, 4.69) is 10.3 Å². The van der Waals surface area contributed by atoms with Crippen molar-refractivity contribution in [2.24, 2.45) is 0 Å². The van der Waals surface area contributed by atoms with E-state index in [-0.39, 0.29) is 24.5 Å². The molecule has 7 heteroatoms. The van der Waals surface area contributed by atoms with Gasteiger partial charge in [0.2, 0.25) is 5.56 Å². The number of amides is 1. The summed E-state index contributed by atoms with van der Waals surface area (Å²) in [5.41, 5.74) is 4.44. The van der Waals surface area contributed by atoms with Gasteiger partial charge in [-0.3, -0.25) is 4.79 Å². The Morgan fingerprint density at radius 3 is 2.20 bits per heavy atom. The number of aromatic nitrogens is 1. The molecule has 3 N–H and O–H groups in total. The zero-order valence-corrected chi connectivity index (χ0v) is 16.0. The third-order valence-electron chi connectivity index (χ3n) is 5.19. The zero-order valence-electron chi connectivity index (χ0n) is 16.0. The number of alkyl carbamates (subject to hydrolysis) is 1. The molecule has 7 nitrogen and oxygen atoms in total. The molecule has 1 amide bonds. The highest BCUT2D eigenvalue weighted by molar-refractivity contribution is 5.81. The number of H-pyrrole nitrogens is 1. The first-order valence-corrected chi connectivity index (χ1v) is 9.55. The molecule has 0 radical (unpaired) electrons. The van der Waals surface area contributed by atoms with Crippen LogP contribution in [0, 0.1) is 0 Å². The van der Waals surface area contributed by atoms with E-state index in [9.17, 15) is 19.5 Å². The first-order valence-electron chi connectivity index (χ1n) is 9.55. The Kier molecular flexibility index (Phi) is 5.34. The molecule has 30 heavy (non-hydrogen) atoms. The van der Waals surface area contributed by atoms with Crippen LogP contribution in [-0.2, 0) is 16.0 Å². The summed E-state index contributed by atoms with van der Waals surface area (Å²) in [5.74, 6) is -1.33. The first kappa shape index (κ1) is 19.4. The predicted molar refractivity (Wildman–Crippen MR) is 110 cm³/mol. The van der Waals surface area contributed by atoms with Crippen molar-refractivity contribution < 1.29 is 19.4 Å². The van der Waals surface area contributed by atoms with Crippen LogP contribution < -0.4 is 10.9 Å². The van der Waals surface area contributed by atoms with Gasteiger partial charge in [-0.05, 0) is 28.3 Å². The summed E-state index contributed by atoms with van der Waals surface area (Å²) in [7, 11) is 0. The molecule has 0 bridgehead atoms. The molecule has 1 heterocycles. The Bertz CT molecular complexity index is 1110. The molecule has 1 aliphatic carbocycles. The summed E-state index contributed by atoms with van der Waals surface area (Å²) in [4.78, 5) is 37.8. The van der Waals surface area contributed by atoms with Gasteiger partial charge in [-0.2, -0.15) is 0 Å². The lowest BCUT2D eigenvalue weighted by Gasteiger charge is -2.17. The van der Waals surface area contributed by atoms with Crippen molar-refractivity contribution in [1.82, 2.24) is 10.3 Å². The third kappa shape index (κ3) is 3.96. The summed E-state index contributed by atoms with van der Waals surface area (Å²) in [6, 6.07) is 19.1. The number of hydrogen-bond donors (Lipinski definition) is 3. The standard InChI is InChI=1S/C23H20N2O5/c26-21-11-5-6-14(24-21)12-20(22(27)28)25-23(29)30-13-19-17-9-3-1-7-15(17)16-8-2-4-10-18(16)19/h1-11,19-20H,12-13H2,(H,24,26)(H,25,29)(H,27,28)/t20-/m0/s1. The van der Waals surface area contributed by atoms with E-state index < -0.39 is 18.1 Å². The molecule has 0 unspecified atom stereocenters. The van der Waals surface area contributed by atoms with Gasteiger partial charge >= 0.3 is 12.1 Å². The number of ether oxygens (including phenoxy) is 1. The smallest absolute Gasteiger partial charge is 0.407 e. The van der Waals surface area contributed by atoms with Crippen LogP contribution in [0.4, 0.5) is 4.79 Å². The Morgan fingerprint density at radius 1 is 0.967 bits per heavy atom. The number of nitrogens with one attached hydrogen (secondary N) is 2. The fourth-order valence-corrected chi connectivity index (χ4v) is 3.81. The molecule has 0 spiro atoms. The molecular formula is C23H20N2O5. The number of carboxylic acids is 1. The second-order valence-corrected chi connectivity index (χ2v) is 7.11. The summed E-state index contributed by atoms with van der Waals surface area (Å²) in [5, 5.41) is 11.8. The van der Waals surface area contributed by atoms with Crippen LogP contribution in [0.2, 0.25) is 0 Å². The maximum Gasteiger partial charge on any atom is 0.407 e. The Labute approximate surface area is 172 Å². The zero-order chi connectivity index (χ0) is 21.1. The molecule has 0 fully saturated rings. The van der Waals surface area contributed by atoms with Crippen molar-refractivity contribution in [3.05, 3.63) is 93.9 Å². The van der Waals surface area contributed by atoms with Gasteiger partial charge in [0, 0.05) is 24.1 Å². The largest absolute Gasteiger partial charge is 0.480 e. The minimum atomic E-state index is -1.22. The number of fused-ring (bicyclic) bond motifs is 3. The van der Waals surface area contributed by atoms with Crippen LogP contribution in [0.5, 0.6) is 0 Å². The van der Waals surface area contributed by atoms with Gasteiger partial charge in [-0.15, -0.1) is 0 Å². The van der Waals surface area contributed by atoms with Gasteiger partial charge < -0.3 is 20.1 Å². The fraction of sp³-hybridized carbons (Fsp3) is 0.174. The van der Waals surface area contributed by atoms with Gasteiger partial charge in [0.1, 0.15) is 12.6 Å². The van der Waals surface area contributed by atoms with Gasteiger partial charge in [0.25, 0.3) is 0 Å². The minimum absolute atomic E-state index is 0.0599. The Hall–Kier alpha value is -3.87. The predicted octanol–water partition coefficient (Wildman–Crippen LogP) is 2.91. The molecule has 2 aromatic carbocycles. The lowest BCUT2D eigenvalue weighted by atomic mass is 9.98. The van der Waals surface area contributed by atoms with Crippen molar-refractivity contribution in [3.63, 3.8) is 0 Å². The second kappa shape index (κ2) is 8.24. The molecule has 1 atom stereocenters. The Balaban J connectivity index is 1.44. The average Bonchev–Trinajstić information content (AvgIpc) is 3.06. The number of aromatic amines is 1.